The maximum absolute atomic E-state index is 5.76. The maximum atomic E-state index is 5.76. The first-order valence-electron chi connectivity index (χ1n) is 5.98. The highest BCUT2D eigenvalue weighted by atomic mass is 32.1. The number of thiazole rings is 1. The first-order chi connectivity index (χ1) is 8.13. The third kappa shape index (κ3) is 1.91. The van der Waals surface area contributed by atoms with E-state index in [1.54, 1.807) is 11.3 Å². The van der Waals surface area contributed by atoms with Crippen molar-refractivity contribution in [2.45, 2.75) is 25.3 Å². The number of nitrogen functional groups attached to an aromatic ring is 1. The van der Waals surface area contributed by atoms with Gasteiger partial charge in [0.25, 0.3) is 0 Å². The molecule has 1 aromatic heterocycles. The van der Waals surface area contributed by atoms with Gasteiger partial charge in [0, 0.05) is 6.04 Å². The molecule has 4 heteroatoms. The van der Waals surface area contributed by atoms with Gasteiger partial charge >= 0.3 is 0 Å². The van der Waals surface area contributed by atoms with E-state index in [1.165, 1.54) is 28.7 Å². The Labute approximate surface area is 105 Å². The predicted octanol–water partition coefficient (Wildman–Crippen LogP) is 2.30. The van der Waals surface area contributed by atoms with E-state index in [-0.39, 0.29) is 0 Å². The van der Waals surface area contributed by atoms with Gasteiger partial charge in [0.2, 0.25) is 0 Å². The van der Waals surface area contributed by atoms with E-state index in [1.807, 2.05) is 0 Å². The molecular formula is C13H17N3S. The number of fused-ring (bicyclic) bond motifs is 2. The number of aryl methyl sites for hydroxylation is 1. The average Bonchev–Trinajstić information content (AvgIpc) is 2.63. The van der Waals surface area contributed by atoms with Crippen LogP contribution in [0.5, 0.6) is 0 Å². The van der Waals surface area contributed by atoms with Gasteiger partial charge in [-0.05, 0) is 56.6 Å². The summed E-state index contributed by atoms with van der Waals surface area (Å²) in [6.07, 6.45) is 3.56. The molecule has 17 heavy (non-hydrogen) atoms. The van der Waals surface area contributed by atoms with Crippen LogP contribution in [0.4, 0.5) is 5.13 Å². The molecule has 0 aliphatic heterocycles. The SMILES string of the molecule is CN(C)C1CCc2cc3sc(N)nc3cc2C1. The van der Waals surface area contributed by atoms with Crippen molar-refractivity contribution in [3.63, 3.8) is 0 Å². The molecule has 1 aliphatic rings. The molecule has 3 rings (SSSR count). The largest absolute Gasteiger partial charge is 0.375 e. The fraction of sp³-hybridized carbons (Fsp3) is 0.462. The Morgan fingerprint density at radius 2 is 2.18 bits per heavy atom. The Bertz CT molecular complexity index is 559. The Balaban J connectivity index is 2.04. The highest BCUT2D eigenvalue weighted by molar-refractivity contribution is 7.22. The molecule has 1 atom stereocenters. The Morgan fingerprint density at radius 3 is 2.94 bits per heavy atom. The summed E-state index contributed by atoms with van der Waals surface area (Å²) in [6.45, 7) is 0. The van der Waals surface area contributed by atoms with Gasteiger partial charge < -0.3 is 10.6 Å². The summed E-state index contributed by atoms with van der Waals surface area (Å²) in [5.41, 5.74) is 9.76. The Kier molecular flexibility index (Phi) is 2.56. The molecular weight excluding hydrogens is 230 g/mol. The summed E-state index contributed by atoms with van der Waals surface area (Å²) < 4.78 is 1.23. The number of nitrogens with two attached hydrogens (primary N) is 1. The first-order valence-corrected chi connectivity index (χ1v) is 6.79. The lowest BCUT2D eigenvalue weighted by Crippen LogP contribution is -2.33. The van der Waals surface area contributed by atoms with Crippen LogP contribution in [0.1, 0.15) is 17.5 Å². The minimum atomic E-state index is 0.663. The molecule has 0 saturated carbocycles. The zero-order valence-electron chi connectivity index (χ0n) is 10.2. The fourth-order valence-electron chi connectivity index (χ4n) is 2.62. The van der Waals surface area contributed by atoms with Crippen molar-refractivity contribution in [1.82, 2.24) is 9.88 Å². The second kappa shape index (κ2) is 3.96. The van der Waals surface area contributed by atoms with E-state index in [0.717, 1.165) is 11.9 Å². The summed E-state index contributed by atoms with van der Waals surface area (Å²) in [6, 6.07) is 5.17. The van der Waals surface area contributed by atoms with Crippen LogP contribution in [0.3, 0.4) is 0 Å². The lowest BCUT2D eigenvalue weighted by Gasteiger charge is -2.29. The van der Waals surface area contributed by atoms with Crippen LogP contribution >= 0.6 is 11.3 Å². The molecule has 1 aliphatic carbocycles. The van der Waals surface area contributed by atoms with E-state index >= 15 is 0 Å². The van der Waals surface area contributed by atoms with E-state index < -0.39 is 0 Å². The maximum Gasteiger partial charge on any atom is 0.181 e. The van der Waals surface area contributed by atoms with Gasteiger partial charge in [-0.15, -0.1) is 0 Å². The van der Waals surface area contributed by atoms with Gasteiger partial charge in [-0.3, -0.25) is 0 Å². The normalized spacial score (nSPS) is 19.8. The molecule has 90 valence electrons. The van der Waals surface area contributed by atoms with Crippen LogP contribution < -0.4 is 5.73 Å². The number of rotatable bonds is 1. The lowest BCUT2D eigenvalue weighted by atomic mass is 9.87. The molecule has 1 aromatic carbocycles. The third-order valence-electron chi connectivity index (χ3n) is 3.66. The van der Waals surface area contributed by atoms with E-state index in [4.69, 9.17) is 5.73 Å². The van der Waals surface area contributed by atoms with E-state index in [2.05, 4.69) is 36.1 Å². The number of likely N-dealkylation sites (N-methyl/N-ethyl adjacent to an activating group) is 1. The van der Waals surface area contributed by atoms with Crippen LogP contribution in [-0.4, -0.2) is 30.0 Å². The van der Waals surface area contributed by atoms with Crippen molar-refractivity contribution in [2.75, 3.05) is 19.8 Å². The Morgan fingerprint density at radius 1 is 1.35 bits per heavy atom. The standard InChI is InChI=1S/C13H17N3S/c1-16(2)10-4-3-8-7-12-11(6-9(8)5-10)15-13(14)17-12/h6-7,10H,3-5H2,1-2H3,(H2,14,15). The zero-order chi connectivity index (χ0) is 12.0. The number of anilines is 1. The molecule has 0 radical (unpaired) electrons. The molecule has 0 amide bonds. The second-order valence-electron chi connectivity index (χ2n) is 5.00. The monoisotopic (exact) mass is 247 g/mol. The molecule has 3 nitrogen and oxygen atoms in total. The molecule has 0 bridgehead atoms. The third-order valence-corrected chi connectivity index (χ3v) is 4.51. The van der Waals surface area contributed by atoms with Crippen LogP contribution in [0.25, 0.3) is 10.2 Å². The zero-order valence-corrected chi connectivity index (χ0v) is 11.0. The van der Waals surface area contributed by atoms with E-state index in [9.17, 15) is 0 Å². The summed E-state index contributed by atoms with van der Waals surface area (Å²) >= 11 is 1.59. The number of nitrogens with zero attached hydrogens (tertiary/aromatic N) is 2. The van der Waals surface area contributed by atoms with Crippen molar-refractivity contribution in [1.29, 1.82) is 0 Å². The van der Waals surface area contributed by atoms with Crippen molar-refractivity contribution >= 4 is 26.7 Å². The molecule has 0 fully saturated rings. The van der Waals surface area contributed by atoms with Crippen LogP contribution in [-0.2, 0) is 12.8 Å². The smallest absolute Gasteiger partial charge is 0.181 e. The Hall–Kier alpha value is -1.13. The molecule has 2 aromatic rings. The minimum absolute atomic E-state index is 0.663. The molecule has 0 spiro atoms. The number of benzene rings is 1. The summed E-state index contributed by atoms with van der Waals surface area (Å²) in [5.74, 6) is 0. The van der Waals surface area contributed by atoms with Gasteiger partial charge in [-0.2, -0.15) is 0 Å². The molecule has 0 saturated heterocycles. The van der Waals surface area contributed by atoms with Gasteiger partial charge in [-0.1, -0.05) is 11.3 Å². The molecule has 1 heterocycles. The van der Waals surface area contributed by atoms with Crippen LogP contribution in [0.15, 0.2) is 12.1 Å². The number of hydrogen-bond acceptors (Lipinski definition) is 4. The summed E-state index contributed by atoms with van der Waals surface area (Å²) in [5, 5.41) is 0.673. The highest BCUT2D eigenvalue weighted by Gasteiger charge is 2.21. The predicted molar refractivity (Wildman–Crippen MR) is 73.5 cm³/mol. The van der Waals surface area contributed by atoms with E-state index in [0.29, 0.717) is 11.2 Å². The van der Waals surface area contributed by atoms with Gasteiger partial charge in [0.1, 0.15) is 0 Å². The van der Waals surface area contributed by atoms with Crippen molar-refractivity contribution in [3.05, 3.63) is 23.3 Å². The topological polar surface area (TPSA) is 42.1 Å². The summed E-state index contributed by atoms with van der Waals surface area (Å²) in [7, 11) is 4.32. The van der Waals surface area contributed by atoms with Crippen LogP contribution in [0.2, 0.25) is 0 Å². The van der Waals surface area contributed by atoms with Gasteiger partial charge in [-0.25, -0.2) is 4.98 Å². The summed E-state index contributed by atoms with van der Waals surface area (Å²) in [4.78, 5) is 6.70. The van der Waals surface area contributed by atoms with Crippen molar-refractivity contribution < 1.29 is 0 Å². The van der Waals surface area contributed by atoms with Gasteiger partial charge in [0.05, 0.1) is 10.2 Å². The molecule has 2 N–H and O–H groups in total. The quantitative estimate of drug-likeness (QED) is 0.840. The number of aromatic nitrogens is 1. The highest BCUT2D eigenvalue weighted by Crippen LogP contribution is 2.31. The van der Waals surface area contributed by atoms with Gasteiger partial charge in [0.15, 0.2) is 5.13 Å². The van der Waals surface area contributed by atoms with Crippen molar-refractivity contribution in [3.8, 4) is 0 Å². The first kappa shape index (κ1) is 11.0. The fourth-order valence-corrected chi connectivity index (χ4v) is 3.40. The molecule has 1 unspecified atom stereocenters. The minimum Gasteiger partial charge on any atom is -0.375 e. The number of hydrogen-bond donors (Lipinski definition) is 1. The van der Waals surface area contributed by atoms with Crippen molar-refractivity contribution in [2.24, 2.45) is 0 Å². The lowest BCUT2D eigenvalue weighted by molar-refractivity contribution is 0.268. The second-order valence-corrected chi connectivity index (χ2v) is 6.06. The van der Waals surface area contributed by atoms with Crippen LogP contribution in [0, 0.1) is 0 Å². The average molecular weight is 247 g/mol.